The zero-order valence-corrected chi connectivity index (χ0v) is 10.6. The van der Waals surface area contributed by atoms with Crippen LogP contribution in [-0.4, -0.2) is 31.3 Å². The van der Waals surface area contributed by atoms with Gasteiger partial charge in [0.1, 0.15) is 6.04 Å². The van der Waals surface area contributed by atoms with Gasteiger partial charge in [0.2, 0.25) is 11.8 Å². The van der Waals surface area contributed by atoms with E-state index in [9.17, 15) is 18.0 Å². The average molecular weight is 284 g/mol. The minimum absolute atomic E-state index is 0.0118. The Kier molecular flexibility index (Phi) is 3.49. The van der Waals surface area contributed by atoms with Crippen LogP contribution in [0, 0.1) is 0 Å². The normalized spacial score (nSPS) is 20.1. The average Bonchev–Trinajstić information content (AvgIpc) is 2.33. The number of carbonyl (C=O) groups is 2. The lowest BCUT2D eigenvalue weighted by Crippen LogP contribution is -2.52. The predicted octanol–water partition coefficient (Wildman–Crippen LogP) is -1.25. The molecular weight excluding hydrogens is 272 g/mol. The van der Waals surface area contributed by atoms with Gasteiger partial charge in [-0.25, -0.2) is 13.4 Å². The van der Waals surface area contributed by atoms with Crippen molar-refractivity contribution in [3.63, 3.8) is 0 Å². The minimum Gasteiger partial charge on any atom is -0.396 e. The maximum absolute atomic E-state index is 12.0. The summed E-state index contributed by atoms with van der Waals surface area (Å²) in [5.41, 5.74) is 5.52. The molecule has 19 heavy (non-hydrogen) atoms. The number of hydrogen-bond donors (Lipinski definition) is 3. The number of nitrogens with two attached hydrogens (primary N) is 1. The molecule has 1 atom stereocenters. The number of imide groups is 1. The van der Waals surface area contributed by atoms with Gasteiger partial charge in [-0.3, -0.25) is 14.9 Å². The van der Waals surface area contributed by atoms with Gasteiger partial charge >= 0.3 is 0 Å². The molecule has 0 radical (unpaired) electrons. The summed E-state index contributed by atoms with van der Waals surface area (Å²) < 4.78 is 26.2. The fourth-order valence-corrected chi connectivity index (χ4v) is 2.97. The monoisotopic (exact) mass is 284 g/mol. The van der Waals surface area contributed by atoms with Gasteiger partial charge in [-0.05, 0) is 18.6 Å². The smallest absolute Gasteiger partial charge is 0.260 e. The van der Waals surface area contributed by atoms with Gasteiger partial charge in [0, 0.05) is 12.6 Å². The van der Waals surface area contributed by atoms with Crippen molar-refractivity contribution in [3.05, 3.63) is 18.3 Å². The van der Waals surface area contributed by atoms with Crippen molar-refractivity contribution < 1.29 is 18.0 Å². The van der Waals surface area contributed by atoms with E-state index in [1.807, 2.05) is 0 Å². The van der Waals surface area contributed by atoms with Crippen molar-refractivity contribution in [2.75, 3.05) is 5.73 Å². The highest BCUT2D eigenvalue weighted by Gasteiger charge is 2.31. The van der Waals surface area contributed by atoms with Gasteiger partial charge in [-0.1, -0.05) is 0 Å². The number of nitrogens with one attached hydrogen (secondary N) is 2. The fraction of sp³-hybridized carbons (Fsp3) is 0.300. The summed E-state index contributed by atoms with van der Waals surface area (Å²) in [6.45, 7) is 0. The third-order valence-corrected chi connectivity index (χ3v) is 4.04. The molecule has 2 rings (SSSR count). The molecule has 1 saturated heterocycles. The molecule has 4 N–H and O–H groups in total. The number of rotatable bonds is 3. The van der Waals surface area contributed by atoms with E-state index in [4.69, 9.17) is 5.73 Å². The SMILES string of the molecule is Nc1cccnc1S(=O)(=O)NC1CCC(=O)NC1=O. The van der Waals surface area contributed by atoms with Crippen LogP contribution < -0.4 is 15.8 Å². The molecule has 1 aromatic heterocycles. The topological polar surface area (TPSA) is 131 Å². The largest absolute Gasteiger partial charge is 0.396 e. The highest BCUT2D eigenvalue weighted by Crippen LogP contribution is 2.15. The number of sulfonamides is 1. The summed E-state index contributed by atoms with van der Waals surface area (Å²) >= 11 is 0. The molecule has 0 spiro atoms. The molecule has 1 aliphatic heterocycles. The number of aromatic nitrogens is 1. The lowest BCUT2D eigenvalue weighted by atomic mass is 10.1. The molecule has 1 unspecified atom stereocenters. The molecule has 0 aliphatic carbocycles. The second-order valence-corrected chi connectivity index (χ2v) is 5.65. The van der Waals surface area contributed by atoms with Crippen LogP contribution in [0.5, 0.6) is 0 Å². The Morgan fingerprint density at radius 1 is 1.42 bits per heavy atom. The van der Waals surface area contributed by atoms with E-state index in [1.54, 1.807) is 0 Å². The first-order chi connectivity index (χ1) is 8.90. The molecule has 9 heteroatoms. The second-order valence-electron chi connectivity index (χ2n) is 4.02. The molecule has 0 aromatic carbocycles. The Hall–Kier alpha value is -2.00. The molecule has 0 saturated carbocycles. The number of nitrogens with zero attached hydrogens (tertiary/aromatic N) is 1. The van der Waals surface area contributed by atoms with E-state index in [0.717, 1.165) is 0 Å². The summed E-state index contributed by atoms with van der Waals surface area (Å²) in [7, 11) is -4.00. The Morgan fingerprint density at radius 3 is 2.79 bits per heavy atom. The number of amides is 2. The molecule has 8 nitrogen and oxygen atoms in total. The van der Waals surface area contributed by atoms with Crippen molar-refractivity contribution >= 4 is 27.5 Å². The van der Waals surface area contributed by atoms with E-state index < -0.39 is 27.9 Å². The van der Waals surface area contributed by atoms with Crippen LogP contribution in [0.2, 0.25) is 0 Å². The van der Waals surface area contributed by atoms with Crippen LogP contribution in [0.25, 0.3) is 0 Å². The molecule has 2 heterocycles. The minimum atomic E-state index is -4.00. The lowest BCUT2D eigenvalue weighted by molar-refractivity contribution is -0.134. The third kappa shape index (κ3) is 2.88. The lowest BCUT2D eigenvalue weighted by Gasteiger charge is -2.21. The van der Waals surface area contributed by atoms with Crippen LogP contribution in [0.15, 0.2) is 23.4 Å². The van der Waals surface area contributed by atoms with Crippen LogP contribution >= 0.6 is 0 Å². The Bertz CT molecular complexity index is 628. The molecular formula is C10H12N4O4S. The number of nitrogen functional groups attached to an aromatic ring is 1. The Labute approximate surface area is 109 Å². The van der Waals surface area contributed by atoms with Gasteiger partial charge in [-0.15, -0.1) is 0 Å². The first-order valence-corrected chi connectivity index (χ1v) is 6.95. The predicted molar refractivity (Wildman–Crippen MR) is 65.1 cm³/mol. The zero-order chi connectivity index (χ0) is 14.0. The summed E-state index contributed by atoms with van der Waals surface area (Å²) in [4.78, 5) is 26.1. The summed E-state index contributed by atoms with van der Waals surface area (Å²) in [6, 6.07) is 1.90. The van der Waals surface area contributed by atoms with Gasteiger partial charge < -0.3 is 5.73 Å². The maximum atomic E-state index is 12.0. The molecule has 2 amide bonds. The summed E-state index contributed by atoms with van der Waals surface area (Å²) in [5, 5.41) is 1.73. The highest BCUT2D eigenvalue weighted by atomic mass is 32.2. The van der Waals surface area contributed by atoms with Crippen LogP contribution in [-0.2, 0) is 19.6 Å². The van der Waals surface area contributed by atoms with E-state index >= 15 is 0 Å². The van der Waals surface area contributed by atoms with E-state index in [2.05, 4.69) is 15.0 Å². The van der Waals surface area contributed by atoms with Gasteiger partial charge in [0.15, 0.2) is 5.03 Å². The van der Waals surface area contributed by atoms with E-state index in [0.29, 0.717) is 0 Å². The number of piperidine rings is 1. The van der Waals surface area contributed by atoms with Gasteiger partial charge in [0.05, 0.1) is 5.69 Å². The first-order valence-electron chi connectivity index (χ1n) is 5.46. The highest BCUT2D eigenvalue weighted by molar-refractivity contribution is 7.89. The van der Waals surface area contributed by atoms with Crippen molar-refractivity contribution in [2.24, 2.45) is 0 Å². The van der Waals surface area contributed by atoms with Crippen molar-refractivity contribution in [1.82, 2.24) is 15.0 Å². The quantitative estimate of drug-likeness (QED) is 0.594. The molecule has 1 aromatic rings. The van der Waals surface area contributed by atoms with E-state index in [1.165, 1.54) is 18.3 Å². The third-order valence-electron chi connectivity index (χ3n) is 2.59. The van der Waals surface area contributed by atoms with E-state index in [-0.39, 0.29) is 23.6 Å². The van der Waals surface area contributed by atoms with Crippen LogP contribution in [0.3, 0.4) is 0 Å². The number of pyridine rings is 1. The molecule has 1 fully saturated rings. The number of anilines is 1. The second kappa shape index (κ2) is 4.94. The number of hydrogen-bond acceptors (Lipinski definition) is 6. The van der Waals surface area contributed by atoms with Crippen molar-refractivity contribution in [2.45, 2.75) is 23.9 Å². The summed E-state index contributed by atoms with van der Waals surface area (Å²) in [5.74, 6) is -1.09. The molecule has 1 aliphatic rings. The maximum Gasteiger partial charge on any atom is 0.260 e. The van der Waals surface area contributed by atoms with Crippen LogP contribution in [0.1, 0.15) is 12.8 Å². The Balaban J connectivity index is 2.21. The van der Waals surface area contributed by atoms with Crippen molar-refractivity contribution in [1.29, 1.82) is 0 Å². The standard InChI is InChI=1S/C10H12N4O4S/c11-6-2-1-5-12-10(6)19(17,18)14-7-3-4-8(15)13-9(7)16/h1-2,5,7,14H,3-4,11H2,(H,13,15,16). The zero-order valence-electron chi connectivity index (χ0n) is 9.79. The number of carbonyl (C=O) groups excluding carboxylic acids is 2. The Morgan fingerprint density at radius 2 is 2.16 bits per heavy atom. The molecule has 102 valence electrons. The fourth-order valence-electron chi connectivity index (χ4n) is 1.68. The summed E-state index contributed by atoms with van der Waals surface area (Å²) in [6.07, 6.45) is 1.47. The van der Waals surface area contributed by atoms with Gasteiger partial charge in [0.25, 0.3) is 10.0 Å². The van der Waals surface area contributed by atoms with Gasteiger partial charge in [-0.2, -0.15) is 4.72 Å². The first kappa shape index (κ1) is 13.4. The molecule has 0 bridgehead atoms. The van der Waals surface area contributed by atoms with Crippen LogP contribution in [0.4, 0.5) is 5.69 Å². The van der Waals surface area contributed by atoms with Crippen molar-refractivity contribution in [3.8, 4) is 0 Å².